The fraction of sp³-hybridized carbons (Fsp3) is 0.550. The maximum Gasteiger partial charge on any atom is 0.193 e. The van der Waals surface area contributed by atoms with Gasteiger partial charge in [0.2, 0.25) is 0 Å². The predicted octanol–water partition coefficient (Wildman–Crippen LogP) is 3.39. The molecule has 0 radical (unpaired) electrons. The number of anilines is 1. The number of hydrogen-bond donors (Lipinski definition) is 2. The molecule has 0 aliphatic heterocycles. The summed E-state index contributed by atoms with van der Waals surface area (Å²) in [5, 5.41) is 14.0. The van der Waals surface area contributed by atoms with Gasteiger partial charge in [-0.2, -0.15) is 0 Å². The third-order valence-corrected chi connectivity index (χ3v) is 6.56. The maximum absolute atomic E-state index is 13.1. The van der Waals surface area contributed by atoms with Crippen molar-refractivity contribution in [3.05, 3.63) is 38.4 Å². The van der Waals surface area contributed by atoms with Crippen LogP contribution in [-0.4, -0.2) is 36.2 Å². The highest BCUT2D eigenvalue weighted by atomic mass is 32.1. The molecule has 0 unspecified atom stereocenters. The monoisotopic (exact) mass is 360 g/mol. The number of nitrogens with zero attached hydrogens (tertiary/aromatic N) is 1. The molecule has 1 aromatic heterocycles. The van der Waals surface area contributed by atoms with Crippen LogP contribution in [0.25, 0.3) is 10.1 Å². The number of nitrogens with one attached hydrogen (secondary N) is 1. The van der Waals surface area contributed by atoms with Gasteiger partial charge in [-0.05, 0) is 50.4 Å². The van der Waals surface area contributed by atoms with Crippen molar-refractivity contribution in [2.75, 3.05) is 31.5 Å². The third kappa shape index (κ3) is 3.73. The molecule has 2 aromatic rings. The van der Waals surface area contributed by atoms with Crippen LogP contribution in [0.2, 0.25) is 0 Å². The van der Waals surface area contributed by atoms with Crippen LogP contribution >= 0.6 is 11.3 Å². The van der Waals surface area contributed by atoms with Crippen LogP contribution in [0.5, 0.6) is 0 Å². The number of rotatable bonds is 7. The number of benzene rings is 1. The first-order valence-electron chi connectivity index (χ1n) is 9.37. The Morgan fingerprint density at radius 2 is 1.96 bits per heavy atom. The van der Waals surface area contributed by atoms with E-state index in [1.807, 2.05) is 12.1 Å². The van der Waals surface area contributed by atoms with Crippen LogP contribution in [0.3, 0.4) is 0 Å². The Morgan fingerprint density at radius 1 is 1.20 bits per heavy atom. The molecule has 3 rings (SSSR count). The van der Waals surface area contributed by atoms with Crippen LogP contribution < -0.4 is 10.7 Å². The fourth-order valence-electron chi connectivity index (χ4n) is 3.63. The van der Waals surface area contributed by atoms with Gasteiger partial charge in [0.15, 0.2) is 5.43 Å². The minimum Gasteiger partial charge on any atom is -0.392 e. The lowest BCUT2D eigenvalue weighted by Gasteiger charge is -2.20. The van der Waals surface area contributed by atoms with Crippen molar-refractivity contribution in [2.24, 2.45) is 0 Å². The third-order valence-electron chi connectivity index (χ3n) is 5.19. The molecule has 4 nitrogen and oxygen atoms in total. The first kappa shape index (κ1) is 18.4. The summed E-state index contributed by atoms with van der Waals surface area (Å²) in [6, 6.07) is 3.91. The first-order valence-corrected chi connectivity index (χ1v) is 10.2. The second-order valence-corrected chi connectivity index (χ2v) is 7.73. The number of aryl methyl sites for hydroxylation is 1. The molecule has 0 spiro atoms. The molecular weight excluding hydrogens is 332 g/mol. The van der Waals surface area contributed by atoms with Crippen LogP contribution in [0.4, 0.5) is 5.69 Å². The summed E-state index contributed by atoms with van der Waals surface area (Å²) in [7, 11) is 0. The Hall–Kier alpha value is -1.43. The van der Waals surface area contributed by atoms with Crippen LogP contribution in [0.15, 0.2) is 16.9 Å². The SMILES string of the molecule is CCN(CC)CCNc1ccc(CO)c2sc3c(c(=O)c12)CCCC3. The molecular formula is C20H28N2O2S. The van der Waals surface area contributed by atoms with Gasteiger partial charge in [-0.25, -0.2) is 0 Å². The van der Waals surface area contributed by atoms with Crippen molar-refractivity contribution in [1.29, 1.82) is 0 Å². The van der Waals surface area contributed by atoms with E-state index < -0.39 is 0 Å². The van der Waals surface area contributed by atoms with Crippen molar-refractivity contribution in [3.8, 4) is 0 Å². The second-order valence-electron chi connectivity index (χ2n) is 6.63. The zero-order valence-corrected chi connectivity index (χ0v) is 16.0. The lowest BCUT2D eigenvalue weighted by molar-refractivity contribution is 0.283. The van der Waals surface area contributed by atoms with Crippen molar-refractivity contribution < 1.29 is 5.11 Å². The van der Waals surface area contributed by atoms with Crippen LogP contribution in [0, 0.1) is 0 Å². The van der Waals surface area contributed by atoms with E-state index in [1.165, 1.54) is 4.88 Å². The minimum absolute atomic E-state index is 0.0229. The molecule has 0 bridgehead atoms. The van der Waals surface area contributed by atoms with Gasteiger partial charge < -0.3 is 15.3 Å². The molecule has 1 aromatic carbocycles. The number of aliphatic hydroxyl groups is 1. The summed E-state index contributed by atoms with van der Waals surface area (Å²) in [6.07, 6.45) is 4.15. The van der Waals surface area contributed by atoms with E-state index in [4.69, 9.17) is 0 Å². The Labute approximate surface area is 153 Å². The Kier molecular flexibility index (Phi) is 6.10. The molecule has 0 atom stereocenters. The molecule has 0 amide bonds. The standard InChI is InChI=1S/C20H28N2O2S/c1-3-22(4-2)12-11-21-16-10-9-14(13-23)20-18(16)19(24)15-7-5-6-8-17(15)25-20/h9-10,21,23H,3-8,11-13H2,1-2H3. The quantitative estimate of drug-likeness (QED) is 0.795. The summed E-state index contributed by atoms with van der Waals surface area (Å²) in [5.41, 5.74) is 2.95. The molecule has 2 N–H and O–H groups in total. The van der Waals surface area contributed by atoms with Crippen LogP contribution in [0.1, 0.15) is 42.7 Å². The largest absolute Gasteiger partial charge is 0.392 e. The second kappa shape index (κ2) is 8.30. The first-order chi connectivity index (χ1) is 12.2. The lowest BCUT2D eigenvalue weighted by Crippen LogP contribution is -2.29. The summed E-state index contributed by atoms with van der Waals surface area (Å²) in [6.45, 7) is 8.15. The highest BCUT2D eigenvalue weighted by molar-refractivity contribution is 7.18. The summed E-state index contributed by atoms with van der Waals surface area (Å²) >= 11 is 1.71. The molecule has 0 saturated carbocycles. The Morgan fingerprint density at radius 3 is 2.68 bits per heavy atom. The number of hydrogen-bond acceptors (Lipinski definition) is 5. The van der Waals surface area contributed by atoms with Crippen LogP contribution in [-0.2, 0) is 19.4 Å². The topological polar surface area (TPSA) is 52.6 Å². The Balaban J connectivity index is 2.00. The summed E-state index contributed by atoms with van der Waals surface area (Å²) < 4.78 is 0.959. The van der Waals surface area contributed by atoms with Crippen molar-refractivity contribution >= 4 is 27.1 Å². The summed E-state index contributed by atoms with van der Waals surface area (Å²) in [4.78, 5) is 16.7. The van der Waals surface area contributed by atoms with Gasteiger partial charge in [-0.15, -0.1) is 11.3 Å². The highest BCUT2D eigenvalue weighted by Gasteiger charge is 2.19. The molecule has 5 heteroatoms. The van der Waals surface area contributed by atoms with Gasteiger partial charge in [0.05, 0.1) is 12.0 Å². The number of aliphatic hydroxyl groups excluding tert-OH is 1. The Bertz CT molecular complexity index is 796. The van der Waals surface area contributed by atoms with Crippen molar-refractivity contribution in [3.63, 3.8) is 0 Å². The average molecular weight is 361 g/mol. The van der Waals surface area contributed by atoms with E-state index in [0.717, 1.165) is 78.8 Å². The average Bonchev–Trinajstić information content (AvgIpc) is 2.65. The molecule has 1 aliphatic rings. The predicted molar refractivity (Wildman–Crippen MR) is 107 cm³/mol. The molecule has 0 fully saturated rings. The van der Waals surface area contributed by atoms with Gasteiger partial charge in [-0.1, -0.05) is 19.9 Å². The van der Waals surface area contributed by atoms with E-state index in [0.29, 0.717) is 0 Å². The van der Waals surface area contributed by atoms with E-state index >= 15 is 0 Å². The highest BCUT2D eigenvalue weighted by Crippen LogP contribution is 2.33. The molecule has 1 heterocycles. The number of fused-ring (bicyclic) bond motifs is 2. The zero-order valence-electron chi connectivity index (χ0n) is 15.2. The molecule has 1 aliphatic carbocycles. The summed E-state index contributed by atoms with van der Waals surface area (Å²) in [5.74, 6) is 0. The van der Waals surface area contributed by atoms with E-state index in [9.17, 15) is 9.90 Å². The zero-order chi connectivity index (χ0) is 17.8. The van der Waals surface area contributed by atoms with Gasteiger partial charge >= 0.3 is 0 Å². The van der Waals surface area contributed by atoms with Gasteiger partial charge in [0, 0.05) is 33.9 Å². The lowest BCUT2D eigenvalue weighted by atomic mass is 9.97. The van der Waals surface area contributed by atoms with Crippen molar-refractivity contribution in [1.82, 2.24) is 4.90 Å². The number of likely N-dealkylation sites (N-methyl/N-ethyl adjacent to an activating group) is 1. The molecule has 0 saturated heterocycles. The fourth-order valence-corrected chi connectivity index (χ4v) is 5.01. The molecule has 25 heavy (non-hydrogen) atoms. The minimum atomic E-state index is -0.0229. The van der Waals surface area contributed by atoms with Crippen molar-refractivity contribution in [2.45, 2.75) is 46.1 Å². The van der Waals surface area contributed by atoms with Gasteiger partial charge in [0.25, 0.3) is 0 Å². The van der Waals surface area contributed by atoms with E-state index in [2.05, 4.69) is 24.1 Å². The smallest absolute Gasteiger partial charge is 0.193 e. The maximum atomic E-state index is 13.1. The van der Waals surface area contributed by atoms with Gasteiger partial charge in [0.1, 0.15) is 0 Å². The molecule has 136 valence electrons. The van der Waals surface area contributed by atoms with E-state index in [-0.39, 0.29) is 12.0 Å². The van der Waals surface area contributed by atoms with Gasteiger partial charge in [-0.3, -0.25) is 4.79 Å². The van der Waals surface area contributed by atoms with E-state index in [1.54, 1.807) is 11.3 Å². The normalized spacial score (nSPS) is 14.1.